The predicted molar refractivity (Wildman–Crippen MR) is 35.7 cm³/mol. The Morgan fingerprint density at radius 2 is 2.30 bits per heavy atom. The van der Waals surface area contributed by atoms with Gasteiger partial charge in [0.25, 0.3) is 0 Å². The quantitative estimate of drug-likeness (QED) is 0.535. The van der Waals surface area contributed by atoms with Crippen LogP contribution >= 0.6 is 0 Å². The van der Waals surface area contributed by atoms with E-state index >= 15 is 0 Å². The maximum atomic E-state index is 12.5. The van der Waals surface area contributed by atoms with Crippen LogP contribution in [0.1, 0.15) is 12.8 Å². The lowest BCUT2D eigenvalue weighted by molar-refractivity contribution is -0.132. The second-order valence-corrected chi connectivity index (χ2v) is 3.23. The molecule has 1 unspecified atom stereocenters. The number of hydrogen-bond acceptors (Lipinski definition) is 2. The van der Waals surface area contributed by atoms with E-state index in [9.17, 15) is 4.39 Å². The van der Waals surface area contributed by atoms with Crippen LogP contribution in [0.3, 0.4) is 0 Å². The average Bonchev–Trinajstić information content (AvgIpc) is 1.86. The van der Waals surface area contributed by atoms with Gasteiger partial charge in [0.15, 0.2) is 0 Å². The SMILES string of the molecule is FC1CCC2(CNC2)OC1. The third kappa shape index (κ3) is 0.935. The minimum absolute atomic E-state index is 0.0303. The summed E-state index contributed by atoms with van der Waals surface area (Å²) >= 11 is 0. The topological polar surface area (TPSA) is 21.3 Å². The van der Waals surface area contributed by atoms with Gasteiger partial charge in [0, 0.05) is 13.1 Å². The van der Waals surface area contributed by atoms with Gasteiger partial charge in [-0.3, -0.25) is 0 Å². The summed E-state index contributed by atoms with van der Waals surface area (Å²) in [6, 6.07) is 0. The third-order valence-electron chi connectivity index (χ3n) is 2.38. The van der Waals surface area contributed by atoms with E-state index in [-0.39, 0.29) is 5.60 Å². The van der Waals surface area contributed by atoms with Crippen molar-refractivity contribution >= 4 is 0 Å². The van der Waals surface area contributed by atoms with Gasteiger partial charge >= 0.3 is 0 Å². The summed E-state index contributed by atoms with van der Waals surface area (Å²) < 4.78 is 17.9. The molecule has 2 saturated heterocycles. The number of nitrogens with one attached hydrogen (secondary N) is 1. The molecule has 58 valence electrons. The van der Waals surface area contributed by atoms with Crippen LogP contribution in [0.5, 0.6) is 0 Å². The Hall–Kier alpha value is -0.150. The van der Waals surface area contributed by atoms with Gasteiger partial charge in [-0.15, -0.1) is 0 Å². The maximum absolute atomic E-state index is 12.5. The van der Waals surface area contributed by atoms with Crippen molar-refractivity contribution in [2.24, 2.45) is 0 Å². The first-order valence-corrected chi connectivity index (χ1v) is 3.80. The van der Waals surface area contributed by atoms with Crippen LogP contribution in [0.25, 0.3) is 0 Å². The molecule has 0 bridgehead atoms. The highest BCUT2D eigenvalue weighted by Gasteiger charge is 2.41. The van der Waals surface area contributed by atoms with E-state index in [1.54, 1.807) is 0 Å². The molecule has 0 aliphatic carbocycles. The lowest BCUT2D eigenvalue weighted by Gasteiger charge is -2.45. The van der Waals surface area contributed by atoms with Crippen LogP contribution in [-0.2, 0) is 4.74 Å². The fourth-order valence-corrected chi connectivity index (χ4v) is 1.53. The van der Waals surface area contributed by atoms with E-state index in [4.69, 9.17) is 4.74 Å². The van der Waals surface area contributed by atoms with Crippen LogP contribution in [0.4, 0.5) is 4.39 Å². The minimum atomic E-state index is -0.716. The molecule has 0 radical (unpaired) electrons. The molecule has 1 N–H and O–H groups in total. The van der Waals surface area contributed by atoms with Crippen molar-refractivity contribution in [1.29, 1.82) is 0 Å². The Kier molecular flexibility index (Phi) is 1.42. The summed E-state index contributed by atoms with van der Waals surface area (Å²) in [4.78, 5) is 0. The Bertz CT molecular complexity index is 126. The van der Waals surface area contributed by atoms with Crippen molar-refractivity contribution in [2.45, 2.75) is 24.6 Å². The van der Waals surface area contributed by atoms with Gasteiger partial charge in [-0.05, 0) is 12.8 Å². The molecule has 0 aromatic rings. The first-order valence-electron chi connectivity index (χ1n) is 3.80. The minimum Gasteiger partial charge on any atom is -0.369 e. The van der Waals surface area contributed by atoms with E-state index in [0.29, 0.717) is 13.0 Å². The molecule has 2 aliphatic rings. The molecule has 2 heterocycles. The third-order valence-corrected chi connectivity index (χ3v) is 2.38. The van der Waals surface area contributed by atoms with Gasteiger partial charge in [-0.25, -0.2) is 4.39 Å². The summed E-state index contributed by atoms with van der Waals surface area (Å²) in [6.07, 6.45) is 0.856. The first-order chi connectivity index (χ1) is 4.81. The molecule has 10 heavy (non-hydrogen) atoms. The summed E-state index contributed by atoms with van der Waals surface area (Å²) in [5.74, 6) is 0. The smallest absolute Gasteiger partial charge is 0.123 e. The van der Waals surface area contributed by atoms with Gasteiger partial charge in [0.05, 0.1) is 12.2 Å². The van der Waals surface area contributed by atoms with Gasteiger partial charge in [0.2, 0.25) is 0 Å². The highest BCUT2D eigenvalue weighted by Crippen LogP contribution is 2.29. The van der Waals surface area contributed by atoms with Crippen LogP contribution in [0.15, 0.2) is 0 Å². The molecule has 0 aromatic carbocycles. The van der Waals surface area contributed by atoms with E-state index in [2.05, 4.69) is 5.32 Å². The summed E-state index contributed by atoms with van der Waals surface area (Å²) in [6.45, 7) is 2.14. The first kappa shape index (κ1) is 6.55. The number of ether oxygens (including phenoxy) is 1. The summed E-state index contributed by atoms with van der Waals surface area (Å²) in [5, 5.41) is 3.14. The van der Waals surface area contributed by atoms with E-state index in [1.807, 2.05) is 0 Å². The molecule has 0 saturated carbocycles. The zero-order chi connectivity index (χ0) is 7.03. The molecule has 2 nitrogen and oxygen atoms in total. The molecular weight excluding hydrogens is 133 g/mol. The predicted octanol–water partition coefficient (Wildman–Crippen LogP) is 0.477. The molecule has 2 aliphatic heterocycles. The number of alkyl halides is 1. The van der Waals surface area contributed by atoms with Gasteiger partial charge in [0.1, 0.15) is 6.17 Å². The van der Waals surface area contributed by atoms with Gasteiger partial charge in [-0.2, -0.15) is 0 Å². The Balaban J connectivity index is 1.90. The van der Waals surface area contributed by atoms with Crippen molar-refractivity contribution in [2.75, 3.05) is 19.7 Å². The lowest BCUT2D eigenvalue weighted by Crippen LogP contribution is -2.63. The average molecular weight is 145 g/mol. The Morgan fingerprint density at radius 1 is 1.50 bits per heavy atom. The number of hydrogen-bond donors (Lipinski definition) is 1. The Morgan fingerprint density at radius 3 is 2.70 bits per heavy atom. The highest BCUT2D eigenvalue weighted by atomic mass is 19.1. The molecule has 0 aromatic heterocycles. The molecule has 1 spiro atoms. The van der Waals surface area contributed by atoms with Gasteiger partial charge in [-0.1, -0.05) is 0 Å². The zero-order valence-corrected chi connectivity index (χ0v) is 5.90. The molecular formula is C7H12FNO. The van der Waals surface area contributed by atoms with E-state index < -0.39 is 6.17 Å². The van der Waals surface area contributed by atoms with E-state index in [1.165, 1.54) is 0 Å². The van der Waals surface area contributed by atoms with Crippen LogP contribution in [0, 0.1) is 0 Å². The molecule has 2 fully saturated rings. The van der Waals surface area contributed by atoms with Crippen LogP contribution < -0.4 is 5.32 Å². The molecule has 0 amide bonds. The fraction of sp³-hybridized carbons (Fsp3) is 1.00. The second-order valence-electron chi connectivity index (χ2n) is 3.23. The number of rotatable bonds is 0. The van der Waals surface area contributed by atoms with Crippen molar-refractivity contribution in [1.82, 2.24) is 5.32 Å². The van der Waals surface area contributed by atoms with E-state index in [0.717, 1.165) is 19.5 Å². The summed E-state index contributed by atoms with van der Waals surface area (Å²) in [7, 11) is 0. The summed E-state index contributed by atoms with van der Waals surface area (Å²) in [5.41, 5.74) is 0.0303. The standard InChI is InChI=1S/C7H12FNO/c8-6-1-2-7(10-3-6)4-9-5-7/h6,9H,1-5H2. The van der Waals surface area contributed by atoms with Crippen LogP contribution in [0.2, 0.25) is 0 Å². The molecule has 3 heteroatoms. The normalized spacial score (nSPS) is 37.5. The van der Waals surface area contributed by atoms with Crippen molar-refractivity contribution in [3.05, 3.63) is 0 Å². The Labute approximate surface area is 59.7 Å². The second kappa shape index (κ2) is 2.17. The monoisotopic (exact) mass is 145 g/mol. The van der Waals surface area contributed by atoms with Crippen molar-refractivity contribution in [3.63, 3.8) is 0 Å². The van der Waals surface area contributed by atoms with Crippen molar-refractivity contribution in [3.8, 4) is 0 Å². The lowest BCUT2D eigenvalue weighted by atomic mass is 9.88. The molecule has 1 atom stereocenters. The zero-order valence-electron chi connectivity index (χ0n) is 5.90. The maximum Gasteiger partial charge on any atom is 0.123 e. The molecule has 2 rings (SSSR count). The van der Waals surface area contributed by atoms with Crippen molar-refractivity contribution < 1.29 is 9.13 Å². The largest absolute Gasteiger partial charge is 0.369 e. The van der Waals surface area contributed by atoms with Gasteiger partial charge < -0.3 is 10.1 Å². The van der Waals surface area contributed by atoms with Crippen LogP contribution in [-0.4, -0.2) is 31.5 Å². The highest BCUT2D eigenvalue weighted by molar-refractivity contribution is 4.97. The fourth-order valence-electron chi connectivity index (χ4n) is 1.53. The number of halogens is 1.